The Morgan fingerprint density at radius 3 is 2.81 bits per heavy atom. The minimum atomic E-state index is -1.02. The number of carbonyl (C=O) groups is 2. The second-order valence-corrected chi connectivity index (χ2v) is 5.96. The molecule has 0 bridgehead atoms. The molecular formula is C14H13NO4S2. The largest absolute Gasteiger partial charge is 0.479 e. The van der Waals surface area contributed by atoms with Crippen molar-refractivity contribution in [2.75, 3.05) is 0 Å². The van der Waals surface area contributed by atoms with Crippen LogP contribution in [0.5, 0.6) is 5.75 Å². The van der Waals surface area contributed by atoms with Crippen molar-refractivity contribution in [3.63, 3.8) is 0 Å². The van der Waals surface area contributed by atoms with Crippen LogP contribution in [0, 0.1) is 0 Å². The number of amides is 1. The van der Waals surface area contributed by atoms with Gasteiger partial charge in [-0.05, 0) is 18.6 Å². The SMILES string of the molecule is CCC(Oc1ccccc1/C=C1/SC(=S)NC1=O)C(=O)O. The van der Waals surface area contributed by atoms with Crippen LogP contribution in [0.15, 0.2) is 29.2 Å². The van der Waals surface area contributed by atoms with E-state index in [1.165, 1.54) is 11.8 Å². The molecule has 1 aromatic carbocycles. The van der Waals surface area contributed by atoms with E-state index in [0.29, 0.717) is 27.0 Å². The Morgan fingerprint density at radius 1 is 1.52 bits per heavy atom. The number of para-hydroxylation sites is 1. The number of ether oxygens (including phenoxy) is 1. The third kappa shape index (κ3) is 3.83. The van der Waals surface area contributed by atoms with Crippen LogP contribution in [0.25, 0.3) is 6.08 Å². The summed E-state index contributed by atoms with van der Waals surface area (Å²) in [5.41, 5.74) is 0.638. The van der Waals surface area contributed by atoms with Gasteiger partial charge in [-0.15, -0.1) is 0 Å². The van der Waals surface area contributed by atoms with Gasteiger partial charge in [0.05, 0.1) is 4.91 Å². The third-order valence-corrected chi connectivity index (χ3v) is 3.93. The minimum absolute atomic E-state index is 0.259. The second-order valence-electron chi connectivity index (χ2n) is 4.24. The first-order valence-corrected chi connectivity index (χ1v) is 7.47. The molecule has 0 aliphatic carbocycles. The average Bonchev–Trinajstić information content (AvgIpc) is 2.75. The van der Waals surface area contributed by atoms with Gasteiger partial charge < -0.3 is 15.2 Å². The molecule has 1 amide bonds. The van der Waals surface area contributed by atoms with Crippen molar-refractivity contribution in [2.24, 2.45) is 0 Å². The Balaban J connectivity index is 2.29. The predicted molar refractivity (Wildman–Crippen MR) is 85.1 cm³/mol. The number of carbonyl (C=O) groups excluding carboxylic acids is 1. The molecule has 5 nitrogen and oxygen atoms in total. The number of thiocarbonyl (C=S) groups is 1. The van der Waals surface area contributed by atoms with E-state index < -0.39 is 12.1 Å². The third-order valence-electron chi connectivity index (χ3n) is 2.76. The van der Waals surface area contributed by atoms with Gasteiger partial charge in [-0.1, -0.05) is 49.1 Å². The van der Waals surface area contributed by atoms with E-state index >= 15 is 0 Å². The number of nitrogens with one attached hydrogen (secondary N) is 1. The topological polar surface area (TPSA) is 75.6 Å². The van der Waals surface area contributed by atoms with E-state index in [4.69, 9.17) is 22.1 Å². The molecule has 1 heterocycles. The zero-order chi connectivity index (χ0) is 15.4. The monoisotopic (exact) mass is 323 g/mol. The summed E-state index contributed by atoms with van der Waals surface area (Å²) in [6, 6.07) is 6.97. The van der Waals surface area contributed by atoms with Crippen LogP contribution in [0.3, 0.4) is 0 Å². The van der Waals surface area contributed by atoms with Crippen molar-refractivity contribution in [3.05, 3.63) is 34.7 Å². The first-order chi connectivity index (χ1) is 10.0. The second kappa shape index (κ2) is 6.73. The number of hydrogen-bond acceptors (Lipinski definition) is 5. The number of thioether (sulfide) groups is 1. The Bertz CT molecular complexity index is 627. The molecule has 1 aliphatic heterocycles. The van der Waals surface area contributed by atoms with Gasteiger partial charge in [-0.25, -0.2) is 4.79 Å². The molecule has 0 aromatic heterocycles. The summed E-state index contributed by atoms with van der Waals surface area (Å²) in [6.45, 7) is 1.73. The number of carboxylic acid groups (broad SMARTS) is 1. The highest BCUT2D eigenvalue weighted by molar-refractivity contribution is 8.26. The summed E-state index contributed by atoms with van der Waals surface area (Å²) in [5, 5.41) is 11.6. The summed E-state index contributed by atoms with van der Waals surface area (Å²) in [5.74, 6) is -0.857. The van der Waals surface area contributed by atoms with Crippen molar-refractivity contribution in [3.8, 4) is 5.75 Å². The molecule has 110 valence electrons. The maximum Gasteiger partial charge on any atom is 0.344 e. The molecule has 1 aromatic rings. The van der Waals surface area contributed by atoms with Crippen LogP contribution < -0.4 is 10.1 Å². The first kappa shape index (κ1) is 15.5. The highest BCUT2D eigenvalue weighted by Crippen LogP contribution is 2.29. The predicted octanol–water partition coefficient (Wildman–Crippen LogP) is 2.42. The van der Waals surface area contributed by atoms with Gasteiger partial charge in [0.25, 0.3) is 5.91 Å². The molecular weight excluding hydrogens is 310 g/mol. The van der Waals surface area contributed by atoms with E-state index in [2.05, 4.69) is 5.32 Å². The summed E-state index contributed by atoms with van der Waals surface area (Å²) in [6.07, 6.45) is 1.07. The molecule has 1 saturated heterocycles. The van der Waals surface area contributed by atoms with E-state index in [0.717, 1.165) is 0 Å². The van der Waals surface area contributed by atoms with E-state index in [1.807, 2.05) is 0 Å². The fourth-order valence-electron chi connectivity index (χ4n) is 1.73. The van der Waals surface area contributed by atoms with Gasteiger partial charge in [-0.3, -0.25) is 4.79 Å². The highest BCUT2D eigenvalue weighted by atomic mass is 32.2. The van der Waals surface area contributed by atoms with Gasteiger partial charge >= 0.3 is 5.97 Å². The summed E-state index contributed by atoms with van der Waals surface area (Å²) < 4.78 is 5.91. The van der Waals surface area contributed by atoms with Crippen LogP contribution in [0.2, 0.25) is 0 Å². The molecule has 1 fully saturated rings. The molecule has 1 atom stereocenters. The minimum Gasteiger partial charge on any atom is -0.479 e. The van der Waals surface area contributed by atoms with Crippen molar-refractivity contribution in [1.29, 1.82) is 0 Å². The first-order valence-electron chi connectivity index (χ1n) is 6.24. The lowest BCUT2D eigenvalue weighted by molar-refractivity contribution is -0.145. The zero-order valence-corrected chi connectivity index (χ0v) is 12.8. The van der Waals surface area contributed by atoms with Crippen LogP contribution in [0.1, 0.15) is 18.9 Å². The maximum atomic E-state index is 11.7. The van der Waals surface area contributed by atoms with Crippen LogP contribution in [-0.4, -0.2) is 27.4 Å². The molecule has 0 radical (unpaired) electrons. The smallest absolute Gasteiger partial charge is 0.344 e. The van der Waals surface area contributed by atoms with Gasteiger partial charge in [0.1, 0.15) is 10.1 Å². The molecule has 21 heavy (non-hydrogen) atoms. The lowest BCUT2D eigenvalue weighted by Gasteiger charge is -2.15. The Morgan fingerprint density at radius 2 is 2.24 bits per heavy atom. The molecule has 1 aliphatic rings. The number of rotatable bonds is 5. The molecule has 2 rings (SSSR count). The number of hydrogen-bond donors (Lipinski definition) is 2. The van der Waals surface area contributed by atoms with E-state index in [-0.39, 0.29) is 5.91 Å². The quantitative estimate of drug-likeness (QED) is 0.640. The molecule has 2 N–H and O–H groups in total. The molecule has 0 spiro atoms. The molecule has 0 saturated carbocycles. The Hall–Kier alpha value is -1.86. The molecule has 7 heteroatoms. The number of carboxylic acids is 1. The lowest BCUT2D eigenvalue weighted by atomic mass is 10.1. The maximum absolute atomic E-state index is 11.7. The fraction of sp³-hybridized carbons (Fsp3) is 0.214. The van der Waals surface area contributed by atoms with Crippen molar-refractivity contribution >= 4 is 46.3 Å². The van der Waals surface area contributed by atoms with Gasteiger partial charge in [0, 0.05) is 5.56 Å². The van der Waals surface area contributed by atoms with E-state index in [9.17, 15) is 9.59 Å². The van der Waals surface area contributed by atoms with Crippen molar-refractivity contribution in [1.82, 2.24) is 5.32 Å². The standard InChI is InChI=1S/C14H13NO4S2/c1-2-9(13(17)18)19-10-6-4-3-5-8(10)7-11-12(16)15-14(20)21-11/h3-7,9H,2H2,1H3,(H,17,18)(H,15,16,20)/b11-7+. The summed E-state index contributed by atoms with van der Waals surface area (Å²) >= 11 is 6.09. The van der Waals surface area contributed by atoms with Crippen LogP contribution >= 0.6 is 24.0 Å². The fourth-order valence-corrected chi connectivity index (χ4v) is 2.77. The van der Waals surface area contributed by atoms with Gasteiger partial charge in [0.15, 0.2) is 6.10 Å². The van der Waals surface area contributed by atoms with Crippen molar-refractivity contribution < 1.29 is 19.4 Å². The average molecular weight is 323 g/mol. The highest BCUT2D eigenvalue weighted by Gasteiger charge is 2.23. The van der Waals surface area contributed by atoms with Crippen LogP contribution in [0.4, 0.5) is 0 Å². The Kier molecular flexibility index (Phi) is 4.98. The number of benzene rings is 1. The normalized spacial score (nSPS) is 17.7. The van der Waals surface area contributed by atoms with Crippen LogP contribution in [-0.2, 0) is 9.59 Å². The summed E-state index contributed by atoms with van der Waals surface area (Å²) in [4.78, 5) is 23.2. The van der Waals surface area contributed by atoms with E-state index in [1.54, 1.807) is 37.3 Å². The van der Waals surface area contributed by atoms with Crippen molar-refractivity contribution in [2.45, 2.75) is 19.4 Å². The van der Waals surface area contributed by atoms with Gasteiger partial charge in [0.2, 0.25) is 0 Å². The zero-order valence-electron chi connectivity index (χ0n) is 11.2. The molecule has 1 unspecified atom stereocenters. The lowest BCUT2D eigenvalue weighted by Crippen LogP contribution is -2.26. The van der Waals surface area contributed by atoms with Gasteiger partial charge in [-0.2, -0.15) is 0 Å². The number of aliphatic carboxylic acids is 1. The Labute approximate surface area is 131 Å². The summed E-state index contributed by atoms with van der Waals surface area (Å²) in [7, 11) is 0.